The molecule has 3 aromatic rings. The number of benzene rings is 2. The van der Waals surface area contributed by atoms with Gasteiger partial charge in [0.05, 0.1) is 23.3 Å². The minimum absolute atomic E-state index is 0.0908. The predicted molar refractivity (Wildman–Crippen MR) is 137 cm³/mol. The van der Waals surface area contributed by atoms with Crippen molar-refractivity contribution in [3.63, 3.8) is 0 Å². The second-order valence-corrected chi connectivity index (χ2v) is 8.37. The summed E-state index contributed by atoms with van der Waals surface area (Å²) in [4.78, 5) is 34.8. The molecule has 1 atom stereocenters. The quantitative estimate of drug-likeness (QED) is 0.369. The molecule has 0 radical (unpaired) electrons. The summed E-state index contributed by atoms with van der Waals surface area (Å²) in [5.41, 5.74) is 1.49. The summed E-state index contributed by atoms with van der Waals surface area (Å²) in [6, 6.07) is 8.27. The molecule has 1 aliphatic heterocycles. The van der Waals surface area contributed by atoms with Gasteiger partial charge < -0.3 is 24.4 Å². The first-order chi connectivity index (χ1) is 17.9. The lowest BCUT2D eigenvalue weighted by atomic mass is 10.2. The Labute approximate surface area is 217 Å². The van der Waals surface area contributed by atoms with Gasteiger partial charge in [-0.25, -0.2) is 19.2 Å². The summed E-state index contributed by atoms with van der Waals surface area (Å²) in [5, 5.41) is 6.74. The Morgan fingerprint density at radius 1 is 1.27 bits per heavy atom. The number of hydrogen-bond acceptors (Lipinski definition) is 8. The summed E-state index contributed by atoms with van der Waals surface area (Å²) in [5.74, 6) is 0.865. The Bertz CT molecular complexity index is 1320. The summed E-state index contributed by atoms with van der Waals surface area (Å²) >= 11 is 6.25. The number of nitrogens with one attached hydrogen (secondary N) is 2. The molecular formula is C25H25ClFN5O5. The molecule has 1 fully saturated rings. The monoisotopic (exact) mass is 529 g/mol. The lowest BCUT2D eigenvalue weighted by Gasteiger charge is -2.23. The van der Waals surface area contributed by atoms with E-state index in [2.05, 4.69) is 27.2 Å². The van der Waals surface area contributed by atoms with Crippen LogP contribution >= 0.6 is 11.6 Å². The summed E-state index contributed by atoms with van der Waals surface area (Å²) in [6.07, 6.45) is 2.41. The number of aromatic nitrogens is 2. The fourth-order valence-corrected chi connectivity index (χ4v) is 4.16. The van der Waals surface area contributed by atoms with E-state index in [1.807, 2.05) is 0 Å². The lowest BCUT2D eigenvalue weighted by Crippen LogP contribution is -2.38. The van der Waals surface area contributed by atoms with Crippen LogP contribution < -0.4 is 20.1 Å². The van der Waals surface area contributed by atoms with E-state index in [1.165, 1.54) is 24.4 Å². The van der Waals surface area contributed by atoms with Crippen molar-refractivity contribution < 1.29 is 28.2 Å². The molecule has 37 heavy (non-hydrogen) atoms. The fourth-order valence-electron chi connectivity index (χ4n) is 3.92. The molecular weight excluding hydrogens is 505 g/mol. The molecule has 0 saturated carbocycles. The van der Waals surface area contributed by atoms with Gasteiger partial charge in [-0.2, -0.15) is 0 Å². The van der Waals surface area contributed by atoms with Crippen molar-refractivity contribution in [2.24, 2.45) is 0 Å². The zero-order chi connectivity index (χ0) is 26.4. The van der Waals surface area contributed by atoms with Crippen LogP contribution in [0.2, 0.25) is 5.02 Å². The topological polar surface area (TPSA) is 115 Å². The van der Waals surface area contributed by atoms with E-state index < -0.39 is 19.0 Å². The second-order valence-electron chi connectivity index (χ2n) is 7.96. The molecule has 0 unspecified atom stereocenters. The van der Waals surface area contributed by atoms with Crippen LogP contribution in [0.25, 0.3) is 10.9 Å². The van der Waals surface area contributed by atoms with Crippen molar-refractivity contribution in [1.29, 1.82) is 0 Å². The van der Waals surface area contributed by atoms with Crippen LogP contribution in [0.4, 0.5) is 26.4 Å². The standard InChI is InChI=1S/C25H25ClFN5O5/c1-3-22(33)32-9-4-5-23(32)37-25(34)31-19-12-16-18(13-21(19)35-2)28-14-29-24(16)30-15-6-7-20(17(26)11-15)36-10-8-27/h3,6-7,11-14,23H,1,4-5,8-10H2,2H3,(H,31,34)(H,28,29,30)/t23-/m0/s1. The Balaban J connectivity index is 1.57. The van der Waals surface area contributed by atoms with Gasteiger partial charge in [0.2, 0.25) is 5.91 Å². The number of hydrogen-bond donors (Lipinski definition) is 2. The Hall–Kier alpha value is -4.12. The van der Waals surface area contributed by atoms with Crippen LogP contribution in [0.1, 0.15) is 12.8 Å². The normalized spacial score (nSPS) is 14.8. The van der Waals surface area contributed by atoms with Gasteiger partial charge in [-0.1, -0.05) is 18.2 Å². The number of carbonyl (C=O) groups excluding carboxylic acids is 2. The Kier molecular flexibility index (Phi) is 8.24. The lowest BCUT2D eigenvalue weighted by molar-refractivity contribution is -0.132. The van der Waals surface area contributed by atoms with Crippen LogP contribution in [0.5, 0.6) is 11.5 Å². The number of likely N-dealkylation sites (tertiary alicyclic amines) is 1. The van der Waals surface area contributed by atoms with Gasteiger partial charge in [0.1, 0.15) is 36.9 Å². The molecule has 0 aliphatic carbocycles. The number of amides is 2. The van der Waals surface area contributed by atoms with Gasteiger partial charge in [0, 0.05) is 30.1 Å². The van der Waals surface area contributed by atoms with Crippen LogP contribution in [-0.2, 0) is 9.53 Å². The number of fused-ring (bicyclic) bond motifs is 1. The van der Waals surface area contributed by atoms with Gasteiger partial charge in [-0.15, -0.1) is 0 Å². The zero-order valence-electron chi connectivity index (χ0n) is 20.0. The molecule has 12 heteroatoms. The maximum atomic E-state index is 12.7. The highest BCUT2D eigenvalue weighted by Gasteiger charge is 2.30. The van der Waals surface area contributed by atoms with Gasteiger partial charge in [0.25, 0.3) is 0 Å². The van der Waals surface area contributed by atoms with E-state index in [9.17, 15) is 14.0 Å². The maximum Gasteiger partial charge on any atom is 0.413 e. The average Bonchev–Trinajstić information content (AvgIpc) is 3.35. The van der Waals surface area contributed by atoms with Gasteiger partial charge in [0.15, 0.2) is 6.23 Å². The number of carbonyl (C=O) groups is 2. The van der Waals surface area contributed by atoms with Crippen LogP contribution in [0.3, 0.4) is 0 Å². The molecule has 0 bridgehead atoms. The van der Waals surface area contributed by atoms with Crippen LogP contribution in [0.15, 0.2) is 49.3 Å². The van der Waals surface area contributed by atoms with E-state index in [4.69, 9.17) is 25.8 Å². The predicted octanol–water partition coefficient (Wildman–Crippen LogP) is 5.07. The number of methoxy groups -OCH3 is 1. The molecule has 2 amide bonds. The van der Waals surface area contributed by atoms with E-state index in [-0.39, 0.29) is 12.5 Å². The van der Waals surface area contributed by atoms with Crippen molar-refractivity contribution >= 4 is 51.7 Å². The minimum atomic E-state index is -0.742. The van der Waals surface area contributed by atoms with Gasteiger partial charge in [-0.05, 0) is 36.8 Å². The molecule has 1 aromatic heterocycles. The first-order valence-electron chi connectivity index (χ1n) is 11.4. The number of nitrogens with zero attached hydrogens (tertiary/aromatic N) is 3. The Morgan fingerprint density at radius 2 is 2.11 bits per heavy atom. The SMILES string of the molecule is C=CC(=O)N1CCC[C@@H]1OC(=O)Nc1cc2c(Nc3ccc(OCCF)c(Cl)c3)ncnc2cc1OC. The fraction of sp³-hybridized carbons (Fsp3) is 0.280. The third kappa shape index (κ3) is 6.00. The molecule has 2 heterocycles. The summed E-state index contributed by atoms with van der Waals surface area (Å²) in [6.45, 7) is 3.26. The number of anilines is 3. The molecule has 1 aliphatic rings. The molecule has 2 aromatic carbocycles. The smallest absolute Gasteiger partial charge is 0.413 e. The van der Waals surface area contributed by atoms with E-state index in [0.717, 1.165) is 6.42 Å². The molecule has 4 rings (SSSR count). The molecule has 2 N–H and O–H groups in total. The van der Waals surface area contributed by atoms with Gasteiger partial charge in [-0.3, -0.25) is 10.1 Å². The number of rotatable bonds is 9. The van der Waals surface area contributed by atoms with Crippen LogP contribution in [0, 0.1) is 0 Å². The third-order valence-electron chi connectivity index (χ3n) is 5.62. The first-order valence-corrected chi connectivity index (χ1v) is 11.8. The van der Waals surface area contributed by atoms with Crippen molar-refractivity contribution in [2.45, 2.75) is 19.1 Å². The summed E-state index contributed by atoms with van der Waals surface area (Å²) in [7, 11) is 1.47. The number of alkyl halides is 1. The van der Waals surface area contributed by atoms with E-state index in [1.54, 1.807) is 30.3 Å². The van der Waals surface area contributed by atoms with Crippen LogP contribution in [-0.4, -0.2) is 60.0 Å². The van der Waals surface area contributed by atoms with E-state index in [0.29, 0.717) is 57.6 Å². The van der Waals surface area contributed by atoms with Crippen molar-refractivity contribution in [3.8, 4) is 11.5 Å². The molecule has 0 spiro atoms. The molecule has 194 valence electrons. The van der Waals surface area contributed by atoms with E-state index >= 15 is 0 Å². The third-order valence-corrected chi connectivity index (χ3v) is 5.92. The molecule has 1 saturated heterocycles. The van der Waals surface area contributed by atoms with Gasteiger partial charge >= 0.3 is 6.09 Å². The highest BCUT2D eigenvalue weighted by atomic mass is 35.5. The van der Waals surface area contributed by atoms with Crippen molar-refractivity contribution in [3.05, 3.63) is 54.3 Å². The average molecular weight is 530 g/mol. The Morgan fingerprint density at radius 3 is 2.84 bits per heavy atom. The highest BCUT2D eigenvalue weighted by Crippen LogP contribution is 2.35. The minimum Gasteiger partial charge on any atom is -0.494 e. The first kappa shape index (κ1) is 26.0. The second kappa shape index (κ2) is 11.7. The van der Waals surface area contributed by atoms with Crippen molar-refractivity contribution in [1.82, 2.24) is 14.9 Å². The largest absolute Gasteiger partial charge is 0.494 e. The maximum absolute atomic E-state index is 12.7. The number of ether oxygens (including phenoxy) is 3. The number of halogens is 2. The molecule has 10 nitrogen and oxygen atoms in total. The highest BCUT2D eigenvalue weighted by molar-refractivity contribution is 6.32. The zero-order valence-corrected chi connectivity index (χ0v) is 20.8. The summed E-state index contributed by atoms with van der Waals surface area (Å²) < 4.78 is 28.6. The van der Waals surface area contributed by atoms with Crippen molar-refractivity contribution in [2.75, 3.05) is 37.6 Å².